The molecular weight excluding hydrogens is 632 g/mol. The van der Waals surface area contributed by atoms with Crippen molar-refractivity contribution in [3.63, 3.8) is 0 Å². The summed E-state index contributed by atoms with van der Waals surface area (Å²) in [7, 11) is 4.79. The number of pyridine rings is 1. The first-order chi connectivity index (χ1) is 23.7. The highest BCUT2D eigenvalue weighted by atomic mass is 19.1. The van der Waals surface area contributed by atoms with Crippen LogP contribution in [0.15, 0.2) is 30.3 Å². The zero-order valence-electron chi connectivity index (χ0n) is 27.9. The number of carbonyl (C=O) groups is 1. The molecule has 0 aliphatic carbocycles. The number of piperazine rings is 1. The molecule has 11 nitrogen and oxygen atoms in total. The van der Waals surface area contributed by atoms with E-state index in [-0.39, 0.29) is 46.3 Å². The largest absolute Gasteiger partial charge is 0.480 e. The van der Waals surface area contributed by atoms with Crippen LogP contribution in [0.4, 0.5) is 19.4 Å². The molecule has 7 rings (SSSR count). The number of terminal acetylenes is 1. The number of carbonyl (C=O) groups excluding carboxylic acids is 1. The number of nitrogens with zero attached hydrogens (tertiary/aromatic N) is 6. The molecule has 49 heavy (non-hydrogen) atoms. The molecule has 3 saturated heterocycles. The number of ether oxygens (including phenoxy) is 3. The van der Waals surface area contributed by atoms with Crippen LogP contribution in [0.1, 0.15) is 31.2 Å². The van der Waals surface area contributed by atoms with Gasteiger partial charge < -0.3 is 29.3 Å². The Balaban J connectivity index is 1.30. The van der Waals surface area contributed by atoms with Gasteiger partial charge in [0.15, 0.2) is 5.82 Å². The number of hydrogen-bond donors (Lipinski definition) is 1. The number of methoxy groups -OCH3 is 1. The van der Waals surface area contributed by atoms with E-state index in [9.17, 15) is 9.18 Å². The Morgan fingerprint density at radius 2 is 1.92 bits per heavy atom. The highest BCUT2D eigenvalue weighted by Gasteiger charge is 2.50. The summed E-state index contributed by atoms with van der Waals surface area (Å²) in [6.45, 7) is 4.14. The number of rotatable bonds is 8. The Morgan fingerprint density at radius 1 is 1.10 bits per heavy atom. The summed E-state index contributed by atoms with van der Waals surface area (Å²) in [5.74, 6) is 1.73. The summed E-state index contributed by atoms with van der Waals surface area (Å²) in [6.07, 6.45) is 8.99. The summed E-state index contributed by atoms with van der Waals surface area (Å²) in [4.78, 5) is 32.1. The number of benzene rings is 2. The molecule has 13 heteroatoms. The van der Waals surface area contributed by atoms with Crippen LogP contribution >= 0.6 is 0 Å². The zero-order valence-corrected chi connectivity index (χ0v) is 27.9. The number of nitrogens with one attached hydrogen (secondary N) is 1. The van der Waals surface area contributed by atoms with Crippen LogP contribution in [0.5, 0.6) is 11.9 Å². The second-order valence-corrected chi connectivity index (χ2v) is 13.0. The number of aromatic nitrogens is 3. The third-order valence-electron chi connectivity index (χ3n) is 9.98. The van der Waals surface area contributed by atoms with Crippen molar-refractivity contribution in [2.24, 2.45) is 0 Å². The molecule has 0 spiro atoms. The van der Waals surface area contributed by atoms with E-state index >= 15 is 4.39 Å². The fourth-order valence-corrected chi connectivity index (χ4v) is 7.58. The second-order valence-electron chi connectivity index (χ2n) is 13.0. The van der Waals surface area contributed by atoms with Gasteiger partial charge in [-0.1, -0.05) is 30.2 Å². The van der Waals surface area contributed by atoms with Gasteiger partial charge >= 0.3 is 12.1 Å². The first-order valence-corrected chi connectivity index (χ1v) is 16.6. The average Bonchev–Trinajstić information content (AvgIpc) is 3.69. The Labute approximate surface area is 283 Å². The lowest BCUT2D eigenvalue weighted by atomic mass is 9.95. The van der Waals surface area contributed by atoms with Crippen molar-refractivity contribution < 1.29 is 27.8 Å². The molecule has 2 unspecified atom stereocenters. The van der Waals surface area contributed by atoms with Crippen LogP contribution < -0.4 is 19.7 Å². The molecule has 0 radical (unpaired) electrons. The van der Waals surface area contributed by atoms with Crippen molar-refractivity contribution in [2.75, 3.05) is 72.0 Å². The molecule has 256 valence electrons. The van der Waals surface area contributed by atoms with Gasteiger partial charge in [-0.2, -0.15) is 9.97 Å². The van der Waals surface area contributed by atoms with Crippen molar-refractivity contribution in [2.45, 2.75) is 37.3 Å². The van der Waals surface area contributed by atoms with Gasteiger partial charge in [0.2, 0.25) is 5.88 Å². The maximum Gasteiger partial charge on any atom is 0.409 e. The Bertz CT molecular complexity index is 1960. The molecule has 1 amide bonds. The summed E-state index contributed by atoms with van der Waals surface area (Å²) in [6, 6.07) is 8.22. The minimum absolute atomic E-state index is 0.0169. The molecular formula is C36H39F2N7O4. The number of fused-ring (bicyclic) bond motifs is 3. The lowest BCUT2D eigenvalue weighted by Gasteiger charge is -2.34. The molecule has 3 fully saturated rings. The fraction of sp³-hybridized carbons (Fsp3) is 0.444. The van der Waals surface area contributed by atoms with Crippen LogP contribution in [-0.2, 0) is 4.74 Å². The van der Waals surface area contributed by atoms with Crippen molar-refractivity contribution in [3.8, 4) is 35.5 Å². The Kier molecular flexibility index (Phi) is 8.85. The molecule has 0 saturated carbocycles. The van der Waals surface area contributed by atoms with Gasteiger partial charge in [-0.15, -0.1) is 6.42 Å². The Hall–Kier alpha value is -4.80. The third-order valence-corrected chi connectivity index (χ3v) is 9.98. The molecule has 1 N–H and O–H groups in total. The highest BCUT2D eigenvalue weighted by Crippen LogP contribution is 2.44. The maximum absolute atomic E-state index is 17.0. The van der Waals surface area contributed by atoms with E-state index in [1.54, 1.807) is 38.4 Å². The zero-order chi connectivity index (χ0) is 34.3. The van der Waals surface area contributed by atoms with E-state index < -0.39 is 11.6 Å². The van der Waals surface area contributed by atoms with E-state index in [4.69, 9.17) is 25.6 Å². The van der Waals surface area contributed by atoms with Crippen molar-refractivity contribution in [3.05, 3.63) is 47.5 Å². The molecule has 3 aliphatic rings. The smallest absolute Gasteiger partial charge is 0.409 e. The van der Waals surface area contributed by atoms with Gasteiger partial charge in [0.05, 0.1) is 18.2 Å². The van der Waals surface area contributed by atoms with Crippen LogP contribution in [0.2, 0.25) is 0 Å². The van der Waals surface area contributed by atoms with Crippen molar-refractivity contribution >= 4 is 33.6 Å². The van der Waals surface area contributed by atoms with Crippen LogP contribution in [0, 0.1) is 24.0 Å². The summed E-state index contributed by atoms with van der Waals surface area (Å²) < 4.78 is 49.6. The van der Waals surface area contributed by atoms with Gasteiger partial charge in [-0.3, -0.25) is 4.90 Å². The molecule has 4 aromatic rings. The van der Waals surface area contributed by atoms with Gasteiger partial charge in [0, 0.05) is 57.3 Å². The number of anilines is 1. The maximum atomic E-state index is 17.0. The SMILES string of the molecule is C#Cc1c(F)ccc2cccc(-c3nc(OC)c4c(N5CCNCC5)nc(OCC56CCCN5C(COC(=O)N(C)C)CC6)nc4c3F)c12. The average molecular weight is 672 g/mol. The van der Waals surface area contributed by atoms with E-state index in [1.807, 2.05) is 4.90 Å². The lowest BCUT2D eigenvalue weighted by molar-refractivity contribution is 0.0484. The highest BCUT2D eigenvalue weighted by molar-refractivity contribution is 6.03. The number of halogens is 2. The molecule has 3 aliphatic heterocycles. The lowest BCUT2D eigenvalue weighted by Crippen LogP contribution is -2.48. The predicted octanol–water partition coefficient (Wildman–Crippen LogP) is 4.60. The van der Waals surface area contributed by atoms with Crippen molar-refractivity contribution in [1.82, 2.24) is 30.1 Å². The van der Waals surface area contributed by atoms with Gasteiger partial charge in [-0.25, -0.2) is 18.6 Å². The summed E-state index contributed by atoms with van der Waals surface area (Å²) in [5, 5.41) is 4.68. The Morgan fingerprint density at radius 3 is 2.67 bits per heavy atom. The normalized spacial score (nSPS) is 20.7. The first kappa shape index (κ1) is 32.7. The minimum Gasteiger partial charge on any atom is -0.480 e. The van der Waals surface area contributed by atoms with Crippen molar-refractivity contribution in [1.29, 1.82) is 0 Å². The number of hydrogen-bond acceptors (Lipinski definition) is 10. The first-order valence-electron chi connectivity index (χ1n) is 16.6. The molecule has 5 heterocycles. The van der Waals surface area contributed by atoms with Gasteiger partial charge in [0.1, 0.15) is 41.4 Å². The quantitative estimate of drug-likeness (QED) is 0.268. The van der Waals surface area contributed by atoms with E-state index in [0.717, 1.165) is 32.2 Å². The third kappa shape index (κ3) is 5.82. The summed E-state index contributed by atoms with van der Waals surface area (Å²) >= 11 is 0. The molecule has 2 aromatic carbocycles. The van der Waals surface area contributed by atoms with Crippen LogP contribution in [0.3, 0.4) is 0 Å². The van der Waals surface area contributed by atoms with Crippen LogP contribution in [0.25, 0.3) is 32.9 Å². The summed E-state index contributed by atoms with van der Waals surface area (Å²) in [5.41, 5.74) is -0.0227. The van der Waals surface area contributed by atoms with E-state index in [0.29, 0.717) is 66.9 Å². The van der Waals surface area contributed by atoms with E-state index in [1.165, 1.54) is 18.1 Å². The second kappa shape index (κ2) is 13.2. The molecule has 2 aromatic heterocycles. The van der Waals surface area contributed by atoms with Gasteiger partial charge in [0.25, 0.3) is 0 Å². The number of amides is 1. The predicted molar refractivity (Wildman–Crippen MR) is 182 cm³/mol. The minimum atomic E-state index is -0.719. The molecule has 2 atom stereocenters. The monoisotopic (exact) mass is 671 g/mol. The van der Waals surface area contributed by atoms with E-state index in [2.05, 4.69) is 26.1 Å². The van der Waals surface area contributed by atoms with Crippen LogP contribution in [-0.4, -0.2) is 110 Å². The topological polar surface area (TPSA) is 105 Å². The standard InChI is InChI=1S/C36H39F2N7O4/c1-5-24-26(37)11-10-22-8-6-9-25(27(22)24)30-29(38)31-28(33(40-30)47-4)32(44-18-15-39-16-19-44)42-34(41-31)49-21-36-13-7-17-45(36)23(12-14-36)20-48-35(46)43(2)3/h1,6,8-11,23,39H,7,12-21H2,2-4H3. The molecule has 0 bridgehead atoms. The fourth-order valence-electron chi connectivity index (χ4n) is 7.58. The van der Waals surface area contributed by atoms with Gasteiger partial charge in [-0.05, 0) is 43.7 Å².